The van der Waals surface area contributed by atoms with Gasteiger partial charge in [-0.25, -0.2) is 0 Å². The monoisotopic (exact) mass is 210 g/mol. The van der Waals surface area contributed by atoms with Crippen LogP contribution in [0.1, 0.15) is 0 Å². The quantitative estimate of drug-likeness (QED) is 0.818. The third-order valence-corrected chi connectivity index (χ3v) is 1.02. The molecular weight excluding hydrogens is 199 g/mol. The second-order valence-corrected chi connectivity index (χ2v) is 1.83. The number of rotatable bonds is 3. The molecule has 5 heteroatoms. The van der Waals surface area contributed by atoms with Crippen LogP contribution in [0.2, 0.25) is 0 Å². The lowest BCUT2D eigenvalue weighted by atomic mass is 10.5. The van der Waals surface area contributed by atoms with Crippen molar-refractivity contribution < 1.29 is 4.74 Å². The highest BCUT2D eigenvalue weighted by Gasteiger charge is 1.87. The van der Waals surface area contributed by atoms with Gasteiger partial charge in [0.2, 0.25) is 0 Å². The zero-order valence-corrected chi connectivity index (χ0v) is 8.11. The van der Waals surface area contributed by atoms with Crippen LogP contribution in [0, 0.1) is 0 Å². The third kappa shape index (κ3) is 5.18. The Morgan fingerprint density at radius 2 is 2.17 bits per heavy atom. The number of halogens is 2. The van der Waals surface area contributed by atoms with Gasteiger partial charge in [-0.1, -0.05) is 0 Å². The number of ether oxygens (including phenoxy) is 1. The van der Waals surface area contributed by atoms with Gasteiger partial charge in [-0.3, -0.25) is 4.98 Å². The Bertz CT molecular complexity index is 184. The maximum absolute atomic E-state index is 5.23. The van der Waals surface area contributed by atoms with Crippen LogP contribution in [-0.2, 0) is 0 Å². The fraction of sp³-hybridized carbons (Fsp3) is 0.286. The first-order valence-corrected chi connectivity index (χ1v) is 3.16. The van der Waals surface area contributed by atoms with Crippen LogP contribution in [0.25, 0.3) is 0 Å². The summed E-state index contributed by atoms with van der Waals surface area (Å²) in [6, 6.07) is 3.68. The van der Waals surface area contributed by atoms with E-state index in [1.54, 1.807) is 12.4 Å². The van der Waals surface area contributed by atoms with Crippen LogP contribution >= 0.6 is 24.8 Å². The molecule has 0 saturated heterocycles. The Balaban J connectivity index is 0. The Kier molecular flexibility index (Phi) is 10.0. The van der Waals surface area contributed by atoms with Crippen molar-refractivity contribution in [3.8, 4) is 5.75 Å². The van der Waals surface area contributed by atoms with Gasteiger partial charge in [0, 0.05) is 12.7 Å². The molecule has 0 spiro atoms. The largest absolute Gasteiger partial charge is 0.491 e. The summed E-state index contributed by atoms with van der Waals surface area (Å²) in [5, 5.41) is 0. The number of pyridine rings is 1. The van der Waals surface area contributed by atoms with Crippen LogP contribution in [0.3, 0.4) is 0 Å². The van der Waals surface area contributed by atoms with Crippen molar-refractivity contribution in [2.24, 2.45) is 5.73 Å². The first-order chi connectivity index (χ1) is 4.93. The summed E-state index contributed by atoms with van der Waals surface area (Å²) in [5.74, 6) is 0.771. The molecule has 1 heterocycles. The Labute approximate surface area is 84.1 Å². The van der Waals surface area contributed by atoms with E-state index in [1.165, 1.54) is 0 Å². The highest BCUT2D eigenvalue weighted by molar-refractivity contribution is 5.85. The van der Waals surface area contributed by atoms with E-state index in [4.69, 9.17) is 10.5 Å². The zero-order chi connectivity index (χ0) is 7.23. The molecule has 0 bridgehead atoms. The van der Waals surface area contributed by atoms with E-state index >= 15 is 0 Å². The molecule has 0 fully saturated rings. The van der Waals surface area contributed by atoms with Crippen molar-refractivity contribution >= 4 is 24.8 Å². The maximum Gasteiger partial charge on any atom is 0.137 e. The molecule has 70 valence electrons. The average Bonchev–Trinajstić information content (AvgIpc) is 2.03. The lowest BCUT2D eigenvalue weighted by molar-refractivity contribution is 0.327. The molecule has 0 amide bonds. The molecule has 0 atom stereocenters. The highest BCUT2D eigenvalue weighted by atomic mass is 35.5. The molecule has 1 aromatic rings. The predicted octanol–water partition coefficient (Wildman–Crippen LogP) is 1.26. The summed E-state index contributed by atoms with van der Waals surface area (Å²) < 4.78 is 5.17. The van der Waals surface area contributed by atoms with Gasteiger partial charge >= 0.3 is 0 Å². The predicted molar refractivity (Wildman–Crippen MR) is 53.3 cm³/mol. The van der Waals surface area contributed by atoms with Crippen LogP contribution in [0.15, 0.2) is 24.5 Å². The van der Waals surface area contributed by atoms with Crippen LogP contribution in [0.4, 0.5) is 0 Å². The molecule has 1 rings (SSSR count). The van der Waals surface area contributed by atoms with Crippen molar-refractivity contribution in [1.82, 2.24) is 4.98 Å². The van der Waals surface area contributed by atoms with Gasteiger partial charge in [-0.05, 0) is 12.1 Å². The van der Waals surface area contributed by atoms with E-state index in [0.717, 1.165) is 5.75 Å². The molecule has 0 aliphatic heterocycles. The van der Waals surface area contributed by atoms with Crippen LogP contribution in [-0.4, -0.2) is 18.1 Å². The lowest BCUT2D eigenvalue weighted by Crippen LogP contribution is -2.10. The summed E-state index contributed by atoms with van der Waals surface area (Å²) in [6.45, 7) is 1.08. The van der Waals surface area contributed by atoms with Crippen molar-refractivity contribution in [1.29, 1.82) is 0 Å². The number of hydrogen-bond acceptors (Lipinski definition) is 3. The van der Waals surface area contributed by atoms with E-state index in [9.17, 15) is 0 Å². The summed E-state index contributed by atoms with van der Waals surface area (Å²) in [6.07, 6.45) is 3.37. The molecule has 0 aromatic carbocycles. The van der Waals surface area contributed by atoms with Crippen molar-refractivity contribution in [2.75, 3.05) is 13.2 Å². The van der Waals surface area contributed by atoms with Crippen molar-refractivity contribution in [3.63, 3.8) is 0 Å². The van der Waals surface area contributed by atoms with Gasteiger partial charge < -0.3 is 10.5 Å². The maximum atomic E-state index is 5.23. The van der Waals surface area contributed by atoms with Gasteiger partial charge in [0.1, 0.15) is 12.4 Å². The molecule has 2 N–H and O–H groups in total. The smallest absolute Gasteiger partial charge is 0.137 e. The number of nitrogens with zero attached hydrogens (tertiary/aromatic N) is 1. The SMILES string of the molecule is Cl.Cl.NCCOc1cccnc1. The van der Waals surface area contributed by atoms with E-state index < -0.39 is 0 Å². The normalized spacial score (nSPS) is 7.75. The first-order valence-electron chi connectivity index (χ1n) is 3.16. The van der Waals surface area contributed by atoms with Crippen LogP contribution in [0.5, 0.6) is 5.75 Å². The van der Waals surface area contributed by atoms with Gasteiger partial charge in [0.15, 0.2) is 0 Å². The average molecular weight is 211 g/mol. The van der Waals surface area contributed by atoms with E-state index in [0.29, 0.717) is 13.2 Å². The molecule has 0 aliphatic rings. The van der Waals surface area contributed by atoms with Crippen molar-refractivity contribution in [2.45, 2.75) is 0 Å². The molecule has 0 saturated carbocycles. The lowest BCUT2D eigenvalue weighted by Gasteiger charge is -2.01. The summed E-state index contributed by atoms with van der Waals surface area (Å²) in [4.78, 5) is 3.87. The molecular formula is C7H12Cl2N2O. The van der Waals surface area contributed by atoms with E-state index in [2.05, 4.69) is 4.98 Å². The molecule has 12 heavy (non-hydrogen) atoms. The van der Waals surface area contributed by atoms with Gasteiger partial charge in [0.05, 0.1) is 6.20 Å². The van der Waals surface area contributed by atoms with E-state index in [1.807, 2.05) is 12.1 Å². The minimum atomic E-state index is 0. The Morgan fingerprint density at radius 1 is 1.42 bits per heavy atom. The summed E-state index contributed by atoms with van der Waals surface area (Å²) >= 11 is 0. The minimum absolute atomic E-state index is 0. The highest BCUT2D eigenvalue weighted by Crippen LogP contribution is 2.04. The Morgan fingerprint density at radius 3 is 2.67 bits per heavy atom. The van der Waals surface area contributed by atoms with Gasteiger partial charge in [-0.15, -0.1) is 24.8 Å². The molecule has 0 aliphatic carbocycles. The standard InChI is InChI=1S/C7H10N2O.2ClH/c8-3-5-10-7-2-1-4-9-6-7;;/h1-2,4,6H,3,5,8H2;2*1H. The van der Waals surface area contributed by atoms with Crippen molar-refractivity contribution in [3.05, 3.63) is 24.5 Å². The molecule has 0 radical (unpaired) electrons. The number of hydrogen-bond donors (Lipinski definition) is 1. The van der Waals surface area contributed by atoms with Crippen LogP contribution < -0.4 is 10.5 Å². The zero-order valence-electron chi connectivity index (χ0n) is 6.47. The second kappa shape index (κ2) is 8.59. The number of nitrogens with two attached hydrogens (primary N) is 1. The molecule has 3 nitrogen and oxygen atoms in total. The van der Waals surface area contributed by atoms with E-state index in [-0.39, 0.29) is 24.8 Å². The molecule has 0 unspecified atom stereocenters. The number of aromatic nitrogens is 1. The fourth-order valence-electron chi connectivity index (χ4n) is 0.609. The summed E-state index contributed by atoms with van der Waals surface area (Å²) in [7, 11) is 0. The summed E-state index contributed by atoms with van der Waals surface area (Å²) in [5.41, 5.74) is 5.23. The van der Waals surface area contributed by atoms with Gasteiger partial charge in [-0.2, -0.15) is 0 Å². The topological polar surface area (TPSA) is 48.1 Å². The molecule has 1 aromatic heterocycles. The first kappa shape index (κ1) is 14.0. The Hall–Kier alpha value is -0.510. The van der Waals surface area contributed by atoms with Gasteiger partial charge in [0.25, 0.3) is 0 Å². The minimum Gasteiger partial charge on any atom is -0.491 e. The fourth-order valence-corrected chi connectivity index (χ4v) is 0.609. The third-order valence-electron chi connectivity index (χ3n) is 1.02. The second-order valence-electron chi connectivity index (χ2n) is 1.83.